The van der Waals surface area contributed by atoms with Crippen molar-refractivity contribution >= 4 is 17.2 Å². The Labute approximate surface area is 203 Å². The molecule has 1 aromatic heterocycles. The summed E-state index contributed by atoms with van der Waals surface area (Å²) in [4.78, 5) is 14.2. The molecule has 1 aliphatic rings. The second-order valence-electron chi connectivity index (χ2n) is 9.03. The molecule has 4 nitrogen and oxygen atoms in total. The zero-order valence-electron chi connectivity index (χ0n) is 19.4. The van der Waals surface area contributed by atoms with E-state index in [1.165, 1.54) is 45.5 Å². The SMILES string of the molecule is CC(=O)N[C@@H](Cc1cc(F)cc(F)c1)[C@@H](O)CNC1CCCc2ccc(-c3ccc(C)s3)cc21. The molecule has 0 spiro atoms. The Morgan fingerprint density at radius 1 is 1.15 bits per heavy atom. The van der Waals surface area contributed by atoms with Gasteiger partial charge in [0.1, 0.15) is 11.6 Å². The molecule has 0 saturated heterocycles. The molecule has 1 aliphatic carbocycles. The Hall–Kier alpha value is -2.61. The van der Waals surface area contributed by atoms with E-state index in [-0.39, 0.29) is 24.9 Å². The normalized spacial score (nSPS) is 17.1. The van der Waals surface area contributed by atoms with Crippen LogP contribution in [-0.4, -0.2) is 29.7 Å². The van der Waals surface area contributed by atoms with E-state index in [4.69, 9.17) is 0 Å². The standard InChI is InChI=1S/C27H30F2N2O2S/c1-16-6-9-27(34-16)20-8-7-19-4-3-5-24(23(19)13-20)30-15-26(33)25(31-17(2)32)12-18-10-21(28)14-22(29)11-18/h6-11,13-14,24-26,30,33H,3-5,12,15H2,1-2H3,(H,31,32)/t24?,25-,26-/m0/s1. The summed E-state index contributed by atoms with van der Waals surface area (Å²) in [5.41, 5.74) is 4.12. The Kier molecular flexibility index (Phi) is 7.76. The number of halogens is 2. The first-order chi connectivity index (χ1) is 16.3. The van der Waals surface area contributed by atoms with Crippen LogP contribution >= 0.6 is 11.3 Å². The number of aryl methyl sites for hydroxylation is 2. The van der Waals surface area contributed by atoms with Crippen molar-refractivity contribution in [1.82, 2.24) is 10.6 Å². The molecular formula is C27H30F2N2O2S. The second-order valence-corrected chi connectivity index (χ2v) is 10.3. The Bertz CT molecular complexity index is 1140. The number of nitrogens with one attached hydrogen (secondary N) is 2. The van der Waals surface area contributed by atoms with Crippen LogP contribution in [-0.2, 0) is 17.6 Å². The zero-order chi connectivity index (χ0) is 24.2. The van der Waals surface area contributed by atoms with Crippen LogP contribution in [0.4, 0.5) is 8.78 Å². The van der Waals surface area contributed by atoms with Crippen LogP contribution in [0.25, 0.3) is 10.4 Å². The summed E-state index contributed by atoms with van der Waals surface area (Å²) >= 11 is 1.77. The number of carbonyl (C=O) groups excluding carboxylic acids is 1. The number of amides is 1. The molecule has 1 amide bonds. The molecule has 180 valence electrons. The van der Waals surface area contributed by atoms with Crippen molar-refractivity contribution in [2.24, 2.45) is 0 Å². The number of aliphatic hydroxyl groups is 1. The van der Waals surface area contributed by atoms with Gasteiger partial charge in [0.05, 0.1) is 12.1 Å². The molecule has 2 aromatic carbocycles. The molecule has 1 unspecified atom stereocenters. The smallest absolute Gasteiger partial charge is 0.217 e. The third-order valence-electron chi connectivity index (χ3n) is 6.29. The fourth-order valence-corrected chi connectivity index (χ4v) is 5.55. The largest absolute Gasteiger partial charge is 0.390 e. The lowest BCUT2D eigenvalue weighted by atomic mass is 9.86. The molecule has 3 aromatic rings. The van der Waals surface area contributed by atoms with Gasteiger partial charge in [-0.05, 0) is 85.2 Å². The number of carbonyl (C=O) groups is 1. The zero-order valence-corrected chi connectivity index (χ0v) is 20.2. The maximum absolute atomic E-state index is 13.6. The Morgan fingerprint density at radius 2 is 1.91 bits per heavy atom. The summed E-state index contributed by atoms with van der Waals surface area (Å²) < 4.78 is 27.3. The Morgan fingerprint density at radius 3 is 2.59 bits per heavy atom. The molecule has 0 bridgehead atoms. The third kappa shape index (κ3) is 6.09. The molecule has 0 aliphatic heterocycles. The van der Waals surface area contributed by atoms with Crippen LogP contribution < -0.4 is 10.6 Å². The first-order valence-electron chi connectivity index (χ1n) is 11.6. The van der Waals surface area contributed by atoms with Crippen molar-refractivity contribution in [3.8, 4) is 10.4 Å². The molecule has 34 heavy (non-hydrogen) atoms. The van der Waals surface area contributed by atoms with Crippen LogP contribution in [0.15, 0.2) is 48.5 Å². The Balaban J connectivity index is 1.47. The van der Waals surface area contributed by atoms with Crippen LogP contribution in [0.1, 0.15) is 47.4 Å². The fourth-order valence-electron chi connectivity index (χ4n) is 4.69. The van der Waals surface area contributed by atoms with Gasteiger partial charge in [0.25, 0.3) is 0 Å². The molecule has 3 N–H and O–H groups in total. The monoisotopic (exact) mass is 484 g/mol. The summed E-state index contributed by atoms with van der Waals surface area (Å²) in [6.45, 7) is 3.71. The second kappa shape index (κ2) is 10.8. The number of hydrogen-bond donors (Lipinski definition) is 3. The molecule has 4 rings (SSSR count). The van der Waals surface area contributed by atoms with Gasteiger partial charge in [-0.2, -0.15) is 0 Å². The summed E-state index contributed by atoms with van der Waals surface area (Å²) in [7, 11) is 0. The molecule has 1 heterocycles. The van der Waals surface area contributed by atoms with E-state index in [1.807, 2.05) is 0 Å². The average Bonchev–Trinajstić information content (AvgIpc) is 3.22. The molecule has 0 saturated carbocycles. The van der Waals surface area contributed by atoms with Crippen molar-refractivity contribution in [1.29, 1.82) is 0 Å². The van der Waals surface area contributed by atoms with E-state index in [0.717, 1.165) is 25.3 Å². The van der Waals surface area contributed by atoms with E-state index in [2.05, 4.69) is 47.9 Å². The van der Waals surface area contributed by atoms with Gasteiger partial charge in [0.2, 0.25) is 5.91 Å². The number of fused-ring (bicyclic) bond motifs is 1. The van der Waals surface area contributed by atoms with Gasteiger partial charge < -0.3 is 15.7 Å². The van der Waals surface area contributed by atoms with Gasteiger partial charge in [-0.3, -0.25) is 4.79 Å². The van der Waals surface area contributed by atoms with E-state index in [0.29, 0.717) is 5.56 Å². The topological polar surface area (TPSA) is 61.4 Å². The highest BCUT2D eigenvalue weighted by molar-refractivity contribution is 7.15. The van der Waals surface area contributed by atoms with Gasteiger partial charge in [-0.25, -0.2) is 8.78 Å². The van der Waals surface area contributed by atoms with Gasteiger partial charge >= 0.3 is 0 Å². The predicted octanol–water partition coefficient (Wildman–Crippen LogP) is 5.08. The lowest BCUT2D eigenvalue weighted by Gasteiger charge is -2.30. The van der Waals surface area contributed by atoms with Crippen molar-refractivity contribution in [2.45, 2.75) is 57.7 Å². The highest BCUT2D eigenvalue weighted by Crippen LogP contribution is 2.35. The van der Waals surface area contributed by atoms with Crippen molar-refractivity contribution in [3.63, 3.8) is 0 Å². The summed E-state index contributed by atoms with van der Waals surface area (Å²) in [5.74, 6) is -1.67. The summed E-state index contributed by atoms with van der Waals surface area (Å²) in [5, 5.41) is 17.1. The van der Waals surface area contributed by atoms with Gasteiger partial charge in [0, 0.05) is 35.3 Å². The highest BCUT2D eigenvalue weighted by Gasteiger charge is 2.25. The van der Waals surface area contributed by atoms with E-state index < -0.39 is 23.8 Å². The molecular weight excluding hydrogens is 454 g/mol. The van der Waals surface area contributed by atoms with Gasteiger partial charge in [-0.1, -0.05) is 12.1 Å². The first-order valence-corrected chi connectivity index (χ1v) is 12.4. The van der Waals surface area contributed by atoms with E-state index in [9.17, 15) is 18.7 Å². The number of aliphatic hydroxyl groups excluding tert-OH is 1. The number of thiophene rings is 1. The summed E-state index contributed by atoms with van der Waals surface area (Å²) in [6.07, 6.45) is 2.23. The van der Waals surface area contributed by atoms with Crippen molar-refractivity contribution in [2.75, 3.05) is 6.54 Å². The third-order valence-corrected chi connectivity index (χ3v) is 7.34. The van der Waals surface area contributed by atoms with E-state index in [1.54, 1.807) is 11.3 Å². The fraction of sp³-hybridized carbons (Fsp3) is 0.370. The molecule has 7 heteroatoms. The lowest BCUT2D eigenvalue weighted by molar-refractivity contribution is -0.120. The van der Waals surface area contributed by atoms with E-state index >= 15 is 0 Å². The molecule has 0 radical (unpaired) electrons. The van der Waals surface area contributed by atoms with Gasteiger partial charge in [0.15, 0.2) is 0 Å². The predicted molar refractivity (Wildman–Crippen MR) is 132 cm³/mol. The van der Waals surface area contributed by atoms with Gasteiger partial charge in [-0.15, -0.1) is 11.3 Å². The maximum Gasteiger partial charge on any atom is 0.217 e. The number of hydrogen-bond acceptors (Lipinski definition) is 4. The summed E-state index contributed by atoms with van der Waals surface area (Å²) in [6, 6.07) is 13.5. The minimum atomic E-state index is -0.927. The van der Waals surface area contributed by atoms with Crippen LogP contribution in [0, 0.1) is 18.6 Å². The maximum atomic E-state index is 13.6. The van der Waals surface area contributed by atoms with Crippen molar-refractivity contribution in [3.05, 3.63) is 81.7 Å². The van der Waals surface area contributed by atoms with Crippen LogP contribution in [0.5, 0.6) is 0 Å². The molecule has 0 fully saturated rings. The molecule has 3 atom stereocenters. The highest BCUT2D eigenvalue weighted by atomic mass is 32.1. The average molecular weight is 485 g/mol. The number of benzene rings is 2. The quantitative estimate of drug-likeness (QED) is 0.418. The minimum absolute atomic E-state index is 0.0870. The first kappa shape index (κ1) is 24.5. The van der Waals surface area contributed by atoms with Crippen LogP contribution in [0.2, 0.25) is 0 Å². The number of rotatable bonds is 8. The lowest BCUT2D eigenvalue weighted by Crippen LogP contribution is -2.48. The van der Waals surface area contributed by atoms with Crippen LogP contribution in [0.3, 0.4) is 0 Å². The van der Waals surface area contributed by atoms with Crippen molar-refractivity contribution < 1.29 is 18.7 Å². The minimum Gasteiger partial charge on any atom is -0.390 e.